The largest absolute Gasteiger partial charge is 0.385 e. The van der Waals surface area contributed by atoms with Gasteiger partial charge in [-0.05, 0) is 18.9 Å². The lowest BCUT2D eigenvalue weighted by atomic mass is 10.2. The van der Waals surface area contributed by atoms with Gasteiger partial charge in [-0.25, -0.2) is 0 Å². The van der Waals surface area contributed by atoms with Crippen LogP contribution < -0.4 is 9.88 Å². The molecule has 0 bridgehead atoms. The molecule has 1 aliphatic rings. The number of hydrogen-bond donors (Lipinski definition) is 4. The van der Waals surface area contributed by atoms with Crippen molar-refractivity contribution in [3.63, 3.8) is 0 Å². The van der Waals surface area contributed by atoms with Crippen molar-refractivity contribution in [1.82, 2.24) is 5.32 Å². The topological polar surface area (TPSA) is 129 Å². The molecule has 1 aromatic heterocycles. The maximum absolute atomic E-state index is 12.3. The summed E-state index contributed by atoms with van der Waals surface area (Å²) in [6.45, 7) is 1.52. The summed E-state index contributed by atoms with van der Waals surface area (Å²) in [7, 11) is -3.92. The van der Waals surface area contributed by atoms with Gasteiger partial charge in [0.2, 0.25) is 6.29 Å². The van der Waals surface area contributed by atoms with Crippen molar-refractivity contribution >= 4 is 29.4 Å². The number of amides is 1. The number of aromatic nitrogens is 1. The Morgan fingerprint density at radius 2 is 2.04 bits per heavy atom. The van der Waals surface area contributed by atoms with Crippen LogP contribution in [0.2, 0.25) is 0 Å². The second kappa shape index (κ2) is 10.8. The van der Waals surface area contributed by atoms with Gasteiger partial charge in [0, 0.05) is 24.6 Å². The molecule has 11 heteroatoms. The maximum Gasteiger partial charge on any atom is 0.327 e. The number of alkyl halides is 1. The molecule has 4 N–H and O–H groups in total. The van der Waals surface area contributed by atoms with Gasteiger partial charge >= 0.3 is 7.60 Å². The number of nitrogens with one attached hydrogen (secondary N) is 1. The van der Waals surface area contributed by atoms with Crippen molar-refractivity contribution in [1.29, 1.82) is 0 Å². The van der Waals surface area contributed by atoms with E-state index in [-0.39, 0.29) is 5.91 Å². The van der Waals surface area contributed by atoms with Crippen molar-refractivity contribution in [2.24, 2.45) is 0 Å². The van der Waals surface area contributed by atoms with Crippen LogP contribution in [0.3, 0.4) is 0 Å². The summed E-state index contributed by atoms with van der Waals surface area (Å²) in [5, 5.41) is 24.0. The summed E-state index contributed by atoms with van der Waals surface area (Å²) in [5.41, 5.74) is 0.362. The molecule has 0 spiro atoms. The molecule has 0 radical (unpaired) electrons. The lowest BCUT2D eigenvalue weighted by molar-refractivity contribution is -0.767. The molecule has 5 atom stereocenters. The number of pyridine rings is 1. The fourth-order valence-electron chi connectivity index (χ4n) is 2.82. The predicted molar refractivity (Wildman–Crippen MR) is 104 cm³/mol. The van der Waals surface area contributed by atoms with E-state index in [2.05, 4.69) is 21.2 Å². The third kappa shape index (κ3) is 6.88. The number of nitrogens with zero attached hydrogens (tertiary/aromatic N) is 1. The maximum atomic E-state index is 12.3. The standard InChI is InChI=1S/C17H26BrN2O7P/c1-28(24,25)27-17-14(22)13(21)16(26-17)20-10-6-7-12(11-20)15(23)19-9-5-3-2-4-8-18/h6-7,10-11,13-14,16-17,21-22H,2-5,8-9H2,1H3,(H-,19,23,24,25)/p+1/t13-,14+,16-,17-/m1/s1. The van der Waals surface area contributed by atoms with Crippen LogP contribution in [0.1, 0.15) is 42.3 Å². The van der Waals surface area contributed by atoms with Crippen LogP contribution >= 0.6 is 23.5 Å². The van der Waals surface area contributed by atoms with Crippen molar-refractivity contribution in [3.05, 3.63) is 30.1 Å². The molecule has 9 nitrogen and oxygen atoms in total. The van der Waals surface area contributed by atoms with Gasteiger partial charge in [-0.1, -0.05) is 28.8 Å². The second-order valence-corrected chi connectivity index (χ2v) is 9.29. The van der Waals surface area contributed by atoms with Gasteiger partial charge in [0.15, 0.2) is 18.5 Å². The number of aliphatic hydroxyl groups is 2. The minimum atomic E-state index is -3.92. The fraction of sp³-hybridized carbons (Fsp3) is 0.647. The Morgan fingerprint density at radius 1 is 1.32 bits per heavy atom. The number of carbonyl (C=O) groups excluding carboxylic acids is 1. The Balaban J connectivity index is 1.96. The van der Waals surface area contributed by atoms with Gasteiger partial charge in [0.05, 0.1) is 0 Å². The summed E-state index contributed by atoms with van der Waals surface area (Å²) in [6.07, 6.45) is 1.76. The zero-order valence-electron chi connectivity index (χ0n) is 15.6. The third-order valence-corrected chi connectivity index (χ3v) is 5.38. The summed E-state index contributed by atoms with van der Waals surface area (Å²) in [4.78, 5) is 21.6. The highest BCUT2D eigenvalue weighted by atomic mass is 79.9. The highest BCUT2D eigenvalue weighted by molar-refractivity contribution is 9.09. The van der Waals surface area contributed by atoms with Crippen LogP contribution in [0.5, 0.6) is 0 Å². The number of rotatable bonds is 10. The van der Waals surface area contributed by atoms with E-state index in [0.717, 1.165) is 37.7 Å². The Morgan fingerprint density at radius 3 is 2.71 bits per heavy atom. The smallest absolute Gasteiger partial charge is 0.327 e. The molecular formula is C17H27BrN2O7P+. The molecule has 0 saturated carbocycles. The van der Waals surface area contributed by atoms with Crippen molar-refractivity contribution < 1.29 is 38.3 Å². The predicted octanol–water partition coefficient (Wildman–Crippen LogP) is 1.07. The van der Waals surface area contributed by atoms with Crippen molar-refractivity contribution in [3.8, 4) is 0 Å². The van der Waals surface area contributed by atoms with E-state index >= 15 is 0 Å². The number of hydrogen-bond acceptors (Lipinski definition) is 6. The van der Waals surface area contributed by atoms with Crippen molar-refractivity contribution in [2.45, 2.75) is 50.4 Å². The van der Waals surface area contributed by atoms with Crippen LogP contribution in [0, 0.1) is 0 Å². The Hall–Kier alpha value is -0.870. The van der Waals surface area contributed by atoms with E-state index in [4.69, 9.17) is 9.26 Å². The molecule has 2 rings (SSSR count). The molecule has 1 aliphatic heterocycles. The van der Waals surface area contributed by atoms with Gasteiger partial charge in [0.1, 0.15) is 11.7 Å². The van der Waals surface area contributed by atoms with Gasteiger partial charge in [-0.15, -0.1) is 0 Å². The molecule has 1 aromatic rings. The van der Waals surface area contributed by atoms with E-state index in [1.165, 1.54) is 10.8 Å². The minimum absolute atomic E-state index is 0.260. The van der Waals surface area contributed by atoms with E-state index in [1.807, 2.05) is 0 Å². The van der Waals surface area contributed by atoms with E-state index in [9.17, 15) is 24.5 Å². The van der Waals surface area contributed by atoms with Crippen LogP contribution in [0.25, 0.3) is 0 Å². The number of aliphatic hydroxyl groups excluding tert-OH is 2. The Labute approximate surface area is 172 Å². The normalized spacial score (nSPS) is 26.8. The highest BCUT2D eigenvalue weighted by Crippen LogP contribution is 2.42. The molecule has 1 amide bonds. The summed E-state index contributed by atoms with van der Waals surface area (Å²) >= 11 is 3.38. The minimum Gasteiger partial charge on any atom is -0.385 e. The molecule has 1 saturated heterocycles. The molecule has 1 fully saturated rings. The van der Waals surface area contributed by atoms with Gasteiger partial charge in [-0.3, -0.25) is 18.6 Å². The van der Waals surface area contributed by atoms with Gasteiger partial charge in [-0.2, -0.15) is 4.57 Å². The lowest BCUT2D eigenvalue weighted by Gasteiger charge is -2.15. The van der Waals surface area contributed by atoms with E-state index < -0.39 is 32.3 Å². The monoisotopic (exact) mass is 481 g/mol. The van der Waals surface area contributed by atoms with E-state index in [1.54, 1.807) is 18.3 Å². The quantitative estimate of drug-likeness (QED) is 0.170. The Bertz CT molecular complexity index is 702. The van der Waals surface area contributed by atoms with Crippen LogP contribution in [0.4, 0.5) is 0 Å². The molecule has 2 heterocycles. The number of carbonyl (C=O) groups is 1. The summed E-state index contributed by atoms with van der Waals surface area (Å²) in [6, 6.07) is 3.23. The SMILES string of the molecule is CP(=O)(O)O[C@H]1O[C@@H]([n+]2cccc(C(=O)NCCCCCCBr)c2)[C@H](O)[C@@H]1O. The first-order valence-corrected chi connectivity index (χ1v) is 12.2. The average molecular weight is 482 g/mol. The zero-order chi connectivity index (χ0) is 20.7. The number of ether oxygens (including phenoxy) is 1. The molecular weight excluding hydrogens is 455 g/mol. The molecule has 0 aromatic carbocycles. The van der Waals surface area contributed by atoms with Crippen LogP contribution in [-0.4, -0.2) is 58.1 Å². The molecule has 28 heavy (non-hydrogen) atoms. The fourth-order valence-corrected chi connectivity index (χ4v) is 3.77. The second-order valence-electron chi connectivity index (χ2n) is 6.68. The lowest BCUT2D eigenvalue weighted by Crippen LogP contribution is -2.46. The highest BCUT2D eigenvalue weighted by Gasteiger charge is 2.50. The third-order valence-electron chi connectivity index (χ3n) is 4.22. The van der Waals surface area contributed by atoms with E-state index in [0.29, 0.717) is 12.1 Å². The summed E-state index contributed by atoms with van der Waals surface area (Å²) in [5.74, 6) is -0.260. The number of halogens is 1. The first-order chi connectivity index (χ1) is 13.2. The number of unbranched alkanes of at least 4 members (excludes halogenated alkanes) is 3. The van der Waals surface area contributed by atoms with Crippen molar-refractivity contribution in [2.75, 3.05) is 18.5 Å². The van der Waals surface area contributed by atoms with Gasteiger partial charge in [0.25, 0.3) is 12.1 Å². The first kappa shape index (κ1) is 23.4. The van der Waals surface area contributed by atoms with Gasteiger partial charge < -0.3 is 20.4 Å². The molecule has 1 unspecified atom stereocenters. The average Bonchev–Trinajstić information content (AvgIpc) is 2.91. The Kier molecular flexibility index (Phi) is 9.01. The summed E-state index contributed by atoms with van der Waals surface area (Å²) < 4.78 is 23.0. The van der Waals surface area contributed by atoms with Crippen LogP contribution in [0.15, 0.2) is 24.5 Å². The molecule has 0 aliphatic carbocycles. The zero-order valence-corrected chi connectivity index (χ0v) is 18.1. The molecule has 158 valence electrons. The first-order valence-electron chi connectivity index (χ1n) is 9.08. The van der Waals surface area contributed by atoms with Crippen LogP contribution in [-0.2, 0) is 13.8 Å².